The molecule has 3 aromatic heterocycles. The zero-order chi connectivity index (χ0) is 19.5. The third-order valence-corrected chi connectivity index (χ3v) is 4.92. The smallest absolute Gasteiger partial charge is 0.181 e. The predicted octanol–water partition coefficient (Wildman–Crippen LogP) is 2.90. The monoisotopic (exact) mass is 381 g/mol. The van der Waals surface area contributed by atoms with E-state index in [0.717, 1.165) is 66.8 Å². The summed E-state index contributed by atoms with van der Waals surface area (Å²) >= 11 is 0. The minimum absolute atomic E-state index is 0.245. The molecule has 1 saturated heterocycles. The third kappa shape index (κ3) is 3.86. The summed E-state index contributed by atoms with van der Waals surface area (Å²) in [6, 6.07) is 4.19. The second-order valence-electron chi connectivity index (χ2n) is 7.30. The Kier molecular flexibility index (Phi) is 5.54. The maximum absolute atomic E-state index is 5.62. The molecule has 0 aromatic carbocycles. The van der Waals surface area contributed by atoms with Gasteiger partial charge in [0.25, 0.3) is 0 Å². The van der Waals surface area contributed by atoms with Gasteiger partial charge in [0, 0.05) is 49.4 Å². The first-order valence-electron chi connectivity index (χ1n) is 9.86. The molecule has 0 radical (unpaired) electrons. The van der Waals surface area contributed by atoms with Crippen molar-refractivity contribution in [2.75, 3.05) is 37.8 Å². The second kappa shape index (κ2) is 8.24. The lowest BCUT2D eigenvalue weighted by Gasteiger charge is -2.27. The van der Waals surface area contributed by atoms with Crippen LogP contribution in [0, 0.1) is 6.92 Å². The summed E-state index contributed by atoms with van der Waals surface area (Å²) < 4.78 is 13.2. The van der Waals surface area contributed by atoms with Gasteiger partial charge >= 0.3 is 0 Å². The molecule has 3 aromatic rings. The van der Waals surface area contributed by atoms with Gasteiger partial charge in [0.05, 0.1) is 37.3 Å². The van der Waals surface area contributed by atoms with Crippen LogP contribution in [0.3, 0.4) is 0 Å². The molecule has 4 rings (SSSR count). The number of anilines is 1. The zero-order valence-electron chi connectivity index (χ0n) is 16.8. The summed E-state index contributed by atoms with van der Waals surface area (Å²) in [5.41, 5.74) is 5.00. The highest BCUT2D eigenvalue weighted by Crippen LogP contribution is 2.28. The van der Waals surface area contributed by atoms with E-state index >= 15 is 0 Å². The number of nitrogens with zero attached hydrogens (tertiary/aromatic N) is 5. The Morgan fingerprint density at radius 2 is 2.00 bits per heavy atom. The summed E-state index contributed by atoms with van der Waals surface area (Å²) in [6.45, 7) is 9.94. The highest BCUT2D eigenvalue weighted by atomic mass is 16.5. The van der Waals surface area contributed by atoms with Crippen molar-refractivity contribution >= 4 is 11.5 Å². The number of aromatic nitrogens is 4. The number of hydrogen-bond acceptors (Lipinski definition) is 6. The Bertz CT molecular complexity index is 930. The topological polar surface area (TPSA) is 64.8 Å². The number of aryl methyl sites for hydroxylation is 1. The fourth-order valence-electron chi connectivity index (χ4n) is 3.53. The first kappa shape index (κ1) is 18.8. The van der Waals surface area contributed by atoms with E-state index in [4.69, 9.17) is 14.5 Å². The van der Waals surface area contributed by atoms with Crippen molar-refractivity contribution in [1.82, 2.24) is 19.4 Å². The number of imidazole rings is 1. The number of fused-ring (bicyclic) bond motifs is 1. The molecule has 28 heavy (non-hydrogen) atoms. The molecular formula is C21H27N5O2. The van der Waals surface area contributed by atoms with Crippen molar-refractivity contribution < 1.29 is 9.47 Å². The molecule has 7 nitrogen and oxygen atoms in total. The molecule has 0 aliphatic carbocycles. The van der Waals surface area contributed by atoms with Crippen LogP contribution in [0.5, 0.6) is 0 Å². The molecule has 0 unspecified atom stereocenters. The van der Waals surface area contributed by atoms with Crippen LogP contribution in [0.2, 0.25) is 0 Å². The van der Waals surface area contributed by atoms with Crippen molar-refractivity contribution in [2.24, 2.45) is 0 Å². The van der Waals surface area contributed by atoms with Crippen LogP contribution < -0.4 is 4.90 Å². The second-order valence-corrected chi connectivity index (χ2v) is 7.30. The predicted molar refractivity (Wildman–Crippen MR) is 109 cm³/mol. The van der Waals surface area contributed by atoms with E-state index in [1.165, 1.54) is 0 Å². The maximum Gasteiger partial charge on any atom is 0.181 e. The third-order valence-electron chi connectivity index (χ3n) is 4.92. The molecule has 0 saturated carbocycles. The molecule has 0 bridgehead atoms. The van der Waals surface area contributed by atoms with E-state index in [9.17, 15) is 0 Å². The van der Waals surface area contributed by atoms with Crippen molar-refractivity contribution in [3.8, 4) is 11.3 Å². The number of hydrogen-bond donors (Lipinski definition) is 0. The lowest BCUT2D eigenvalue weighted by Crippen LogP contribution is -2.37. The van der Waals surface area contributed by atoms with Crippen LogP contribution in [-0.4, -0.2) is 58.4 Å². The molecule has 0 atom stereocenters. The molecule has 1 aliphatic rings. The highest BCUT2D eigenvalue weighted by molar-refractivity contribution is 5.73. The summed E-state index contributed by atoms with van der Waals surface area (Å²) in [5, 5.41) is 0. The lowest BCUT2D eigenvalue weighted by atomic mass is 10.1. The normalized spacial score (nSPS) is 14.9. The van der Waals surface area contributed by atoms with E-state index < -0.39 is 0 Å². The van der Waals surface area contributed by atoms with Crippen molar-refractivity contribution in [2.45, 2.75) is 33.3 Å². The molecule has 0 spiro atoms. The molecule has 0 N–H and O–H groups in total. The molecule has 148 valence electrons. The molecular weight excluding hydrogens is 354 g/mol. The van der Waals surface area contributed by atoms with Crippen LogP contribution in [0.1, 0.15) is 25.2 Å². The summed E-state index contributed by atoms with van der Waals surface area (Å²) in [7, 11) is 0. The molecule has 4 heterocycles. The van der Waals surface area contributed by atoms with Crippen molar-refractivity contribution in [3.05, 3.63) is 42.1 Å². The quantitative estimate of drug-likeness (QED) is 0.654. The van der Waals surface area contributed by atoms with Crippen LogP contribution in [0.25, 0.3) is 16.9 Å². The number of pyridine rings is 1. The van der Waals surface area contributed by atoms with Crippen molar-refractivity contribution in [3.63, 3.8) is 0 Å². The average molecular weight is 381 g/mol. The van der Waals surface area contributed by atoms with Gasteiger partial charge in [0.15, 0.2) is 11.5 Å². The zero-order valence-corrected chi connectivity index (χ0v) is 16.8. The van der Waals surface area contributed by atoms with E-state index in [1.54, 1.807) is 0 Å². The lowest BCUT2D eigenvalue weighted by molar-refractivity contribution is 0.0809. The molecule has 1 fully saturated rings. The van der Waals surface area contributed by atoms with Gasteiger partial charge in [-0.3, -0.25) is 9.38 Å². The summed E-state index contributed by atoms with van der Waals surface area (Å²) in [5.74, 6) is 0.913. The van der Waals surface area contributed by atoms with Gasteiger partial charge in [-0.2, -0.15) is 0 Å². The SMILES string of the molecule is Cc1nc2c(N3CCOCC3)nccn2c1-c1ccc(CCOC(C)C)nc1. The van der Waals surface area contributed by atoms with Gasteiger partial charge in [-0.1, -0.05) is 0 Å². The average Bonchev–Trinajstić information content (AvgIpc) is 3.05. The Morgan fingerprint density at radius 1 is 1.18 bits per heavy atom. The van der Waals surface area contributed by atoms with Crippen LogP contribution in [0.4, 0.5) is 5.82 Å². The summed E-state index contributed by atoms with van der Waals surface area (Å²) in [4.78, 5) is 16.3. The van der Waals surface area contributed by atoms with Crippen LogP contribution in [-0.2, 0) is 15.9 Å². The highest BCUT2D eigenvalue weighted by Gasteiger charge is 2.20. The largest absolute Gasteiger partial charge is 0.378 e. The Hall–Kier alpha value is -2.51. The fourth-order valence-corrected chi connectivity index (χ4v) is 3.53. The maximum atomic E-state index is 5.62. The first-order chi connectivity index (χ1) is 13.6. The van der Waals surface area contributed by atoms with Gasteiger partial charge in [-0.05, 0) is 32.9 Å². The van der Waals surface area contributed by atoms with Gasteiger partial charge in [0.1, 0.15) is 0 Å². The van der Waals surface area contributed by atoms with Gasteiger partial charge < -0.3 is 14.4 Å². The Labute approximate surface area is 165 Å². The summed E-state index contributed by atoms with van der Waals surface area (Å²) in [6.07, 6.45) is 6.80. The number of rotatable bonds is 6. The standard InChI is InChI=1S/C21H27N5O2/c1-15(2)28-11-6-18-5-4-17(14-23-18)19-16(3)24-21-20(22-7-8-26(19)21)25-9-12-27-13-10-25/h4-5,7-8,14-15H,6,9-13H2,1-3H3. The van der Waals surface area contributed by atoms with E-state index in [2.05, 4.69) is 31.4 Å². The Balaban J connectivity index is 1.63. The number of morpholine rings is 1. The Morgan fingerprint density at radius 3 is 2.71 bits per heavy atom. The van der Waals surface area contributed by atoms with Crippen LogP contribution >= 0.6 is 0 Å². The van der Waals surface area contributed by atoms with E-state index in [-0.39, 0.29) is 6.10 Å². The molecule has 7 heteroatoms. The fraction of sp³-hybridized carbons (Fsp3) is 0.476. The minimum Gasteiger partial charge on any atom is -0.378 e. The van der Waals surface area contributed by atoms with Gasteiger partial charge in [-0.15, -0.1) is 0 Å². The van der Waals surface area contributed by atoms with E-state index in [1.807, 2.05) is 39.4 Å². The van der Waals surface area contributed by atoms with Crippen molar-refractivity contribution in [1.29, 1.82) is 0 Å². The first-order valence-corrected chi connectivity index (χ1v) is 9.86. The van der Waals surface area contributed by atoms with Gasteiger partial charge in [-0.25, -0.2) is 9.97 Å². The molecule has 0 amide bonds. The van der Waals surface area contributed by atoms with E-state index in [0.29, 0.717) is 6.61 Å². The van der Waals surface area contributed by atoms with Crippen LogP contribution in [0.15, 0.2) is 30.7 Å². The number of ether oxygens (including phenoxy) is 2. The molecule has 1 aliphatic heterocycles. The minimum atomic E-state index is 0.245. The van der Waals surface area contributed by atoms with Gasteiger partial charge in [0.2, 0.25) is 0 Å².